The van der Waals surface area contributed by atoms with Gasteiger partial charge in [-0.05, 0) is 30.3 Å². The molecule has 25 heavy (non-hydrogen) atoms. The molecule has 0 aliphatic carbocycles. The SMILES string of the molecule is O=C(NCc1cc(F)ccc1F)[C@@H]1CNC[C@H]1COc1cccnc1. The summed E-state index contributed by atoms with van der Waals surface area (Å²) in [5.41, 5.74) is 0.127. The highest BCUT2D eigenvalue weighted by molar-refractivity contribution is 5.79. The van der Waals surface area contributed by atoms with Crippen LogP contribution in [0.4, 0.5) is 8.78 Å². The number of nitrogens with zero attached hydrogens (tertiary/aromatic N) is 1. The number of nitrogens with one attached hydrogen (secondary N) is 2. The molecule has 132 valence electrons. The maximum absolute atomic E-state index is 13.6. The number of pyridine rings is 1. The Balaban J connectivity index is 1.54. The lowest BCUT2D eigenvalue weighted by molar-refractivity contribution is -0.126. The number of aromatic nitrogens is 1. The molecular weight excluding hydrogens is 328 g/mol. The highest BCUT2D eigenvalue weighted by Crippen LogP contribution is 2.19. The van der Waals surface area contributed by atoms with Crippen molar-refractivity contribution in [1.82, 2.24) is 15.6 Å². The predicted octanol–water partition coefficient (Wildman–Crippen LogP) is 1.89. The van der Waals surface area contributed by atoms with Crippen molar-refractivity contribution in [1.29, 1.82) is 0 Å². The minimum absolute atomic E-state index is 0.00226. The largest absolute Gasteiger partial charge is 0.492 e. The summed E-state index contributed by atoms with van der Waals surface area (Å²) in [6.45, 7) is 1.52. The van der Waals surface area contributed by atoms with Crippen LogP contribution >= 0.6 is 0 Å². The first-order valence-electron chi connectivity index (χ1n) is 8.08. The summed E-state index contributed by atoms with van der Waals surface area (Å²) in [5.74, 6) is -0.909. The molecule has 1 fully saturated rings. The fourth-order valence-corrected chi connectivity index (χ4v) is 2.84. The number of carbonyl (C=O) groups is 1. The Kier molecular flexibility index (Phi) is 5.55. The van der Waals surface area contributed by atoms with Crippen LogP contribution < -0.4 is 15.4 Å². The van der Waals surface area contributed by atoms with E-state index in [0.717, 1.165) is 18.2 Å². The van der Waals surface area contributed by atoms with Gasteiger partial charge in [-0.15, -0.1) is 0 Å². The topological polar surface area (TPSA) is 63.2 Å². The van der Waals surface area contributed by atoms with Crippen molar-refractivity contribution in [3.63, 3.8) is 0 Å². The molecule has 2 N–H and O–H groups in total. The number of amides is 1. The van der Waals surface area contributed by atoms with Gasteiger partial charge in [-0.3, -0.25) is 9.78 Å². The molecule has 0 radical (unpaired) electrons. The molecule has 0 unspecified atom stereocenters. The Morgan fingerprint density at radius 1 is 1.32 bits per heavy atom. The molecule has 1 aliphatic heterocycles. The van der Waals surface area contributed by atoms with Crippen molar-refractivity contribution in [2.75, 3.05) is 19.7 Å². The summed E-state index contributed by atoms with van der Waals surface area (Å²) in [7, 11) is 0. The monoisotopic (exact) mass is 347 g/mol. The van der Waals surface area contributed by atoms with Crippen LogP contribution in [0, 0.1) is 23.5 Å². The third-order valence-electron chi connectivity index (χ3n) is 4.24. The van der Waals surface area contributed by atoms with E-state index in [2.05, 4.69) is 15.6 Å². The van der Waals surface area contributed by atoms with E-state index in [4.69, 9.17) is 4.74 Å². The van der Waals surface area contributed by atoms with E-state index in [1.165, 1.54) is 0 Å². The summed E-state index contributed by atoms with van der Waals surface area (Å²) < 4.78 is 32.5. The minimum atomic E-state index is -0.539. The average Bonchev–Trinajstić information content (AvgIpc) is 3.10. The molecule has 1 aromatic heterocycles. The maximum Gasteiger partial charge on any atom is 0.225 e. The van der Waals surface area contributed by atoms with Gasteiger partial charge in [0.2, 0.25) is 5.91 Å². The summed E-state index contributed by atoms with van der Waals surface area (Å²) in [6.07, 6.45) is 3.27. The van der Waals surface area contributed by atoms with Crippen molar-refractivity contribution in [2.45, 2.75) is 6.54 Å². The van der Waals surface area contributed by atoms with Crippen LogP contribution in [0.25, 0.3) is 0 Å². The first kappa shape index (κ1) is 17.3. The standard InChI is InChI=1S/C18H19F2N3O2/c19-14-3-4-17(20)12(6-14)8-23-18(24)16-10-22-7-13(16)11-25-15-2-1-5-21-9-15/h1-6,9,13,16,22H,7-8,10-11H2,(H,23,24)/t13-,16+/m0/s1. The lowest BCUT2D eigenvalue weighted by Crippen LogP contribution is -2.36. The van der Waals surface area contributed by atoms with Crippen molar-refractivity contribution < 1.29 is 18.3 Å². The lowest BCUT2D eigenvalue weighted by atomic mass is 9.96. The van der Waals surface area contributed by atoms with E-state index in [1.54, 1.807) is 24.5 Å². The van der Waals surface area contributed by atoms with E-state index in [9.17, 15) is 13.6 Å². The van der Waals surface area contributed by atoms with Gasteiger partial charge >= 0.3 is 0 Å². The van der Waals surface area contributed by atoms with Crippen LogP contribution in [0.2, 0.25) is 0 Å². The zero-order valence-electron chi connectivity index (χ0n) is 13.5. The molecule has 1 amide bonds. The maximum atomic E-state index is 13.6. The van der Waals surface area contributed by atoms with E-state index >= 15 is 0 Å². The second kappa shape index (κ2) is 8.02. The fourth-order valence-electron chi connectivity index (χ4n) is 2.84. The van der Waals surface area contributed by atoms with Crippen LogP contribution in [0.15, 0.2) is 42.7 Å². The number of benzene rings is 1. The van der Waals surface area contributed by atoms with Crippen molar-refractivity contribution in [2.24, 2.45) is 11.8 Å². The molecule has 1 aromatic carbocycles. The third-order valence-corrected chi connectivity index (χ3v) is 4.24. The van der Waals surface area contributed by atoms with Crippen LogP contribution in [0.3, 0.4) is 0 Å². The predicted molar refractivity (Wildman–Crippen MR) is 87.8 cm³/mol. The van der Waals surface area contributed by atoms with Crippen LogP contribution in [0.5, 0.6) is 5.75 Å². The van der Waals surface area contributed by atoms with Gasteiger partial charge in [-0.2, -0.15) is 0 Å². The zero-order chi connectivity index (χ0) is 17.6. The molecule has 2 heterocycles. The average molecular weight is 347 g/mol. The first-order valence-corrected chi connectivity index (χ1v) is 8.08. The Labute approximate surface area is 144 Å². The number of hydrogen-bond acceptors (Lipinski definition) is 4. The normalized spacial score (nSPS) is 19.6. The molecule has 2 aromatic rings. The molecule has 1 saturated heterocycles. The Bertz CT molecular complexity index is 728. The van der Waals surface area contributed by atoms with Gasteiger partial charge in [0.1, 0.15) is 17.4 Å². The first-order chi connectivity index (χ1) is 12.1. The van der Waals surface area contributed by atoms with Gasteiger partial charge in [-0.1, -0.05) is 0 Å². The number of ether oxygens (including phenoxy) is 1. The van der Waals surface area contributed by atoms with E-state index in [1.807, 2.05) is 0 Å². The molecule has 0 spiro atoms. The van der Waals surface area contributed by atoms with Crippen LogP contribution in [0.1, 0.15) is 5.56 Å². The Hall–Kier alpha value is -2.54. The Morgan fingerprint density at radius 2 is 2.20 bits per heavy atom. The lowest BCUT2D eigenvalue weighted by Gasteiger charge is -2.18. The summed E-state index contributed by atoms with van der Waals surface area (Å²) in [5, 5.41) is 5.85. The van der Waals surface area contributed by atoms with Crippen LogP contribution in [-0.4, -0.2) is 30.6 Å². The fraction of sp³-hybridized carbons (Fsp3) is 0.333. The second-order valence-electron chi connectivity index (χ2n) is 5.98. The minimum Gasteiger partial charge on any atom is -0.492 e. The molecule has 0 bridgehead atoms. The quantitative estimate of drug-likeness (QED) is 0.838. The zero-order valence-corrected chi connectivity index (χ0v) is 13.5. The summed E-state index contributed by atoms with van der Waals surface area (Å²) in [4.78, 5) is 16.4. The highest BCUT2D eigenvalue weighted by Gasteiger charge is 2.33. The summed E-state index contributed by atoms with van der Waals surface area (Å²) >= 11 is 0. The van der Waals surface area contributed by atoms with Gasteiger partial charge in [0.25, 0.3) is 0 Å². The van der Waals surface area contributed by atoms with Gasteiger partial charge in [-0.25, -0.2) is 8.78 Å². The van der Waals surface area contributed by atoms with Crippen molar-refractivity contribution in [3.05, 3.63) is 59.9 Å². The molecule has 7 heteroatoms. The van der Waals surface area contributed by atoms with Gasteiger partial charge in [0.15, 0.2) is 0 Å². The molecule has 1 aliphatic rings. The van der Waals surface area contributed by atoms with Crippen molar-refractivity contribution >= 4 is 5.91 Å². The number of rotatable bonds is 6. The number of halogens is 2. The molecule has 3 rings (SSSR count). The number of carbonyl (C=O) groups excluding carboxylic acids is 1. The summed E-state index contributed by atoms with van der Waals surface area (Å²) in [6, 6.07) is 6.77. The number of hydrogen-bond donors (Lipinski definition) is 2. The van der Waals surface area contributed by atoms with Crippen molar-refractivity contribution in [3.8, 4) is 5.75 Å². The smallest absolute Gasteiger partial charge is 0.225 e. The highest BCUT2D eigenvalue weighted by atomic mass is 19.1. The van der Waals surface area contributed by atoms with Gasteiger partial charge < -0.3 is 15.4 Å². The molecular formula is C18H19F2N3O2. The van der Waals surface area contributed by atoms with E-state index < -0.39 is 11.6 Å². The Morgan fingerprint density at radius 3 is 3.00 bits per heavy atom. The molecule has 0 saturated carbocycles. The van der Waals surface area contributed by atoms with Gasteiger partial charge in [0.05, 0.1) is 18.7 Å². The third kappa shape index (κ3) is 4.51. The van der Waals surface area contributed by atoms with E-state index in [-0.39, 0.29) is 29.9 Å². The van der Waals surface area contributed by atoms with Gasteiger partial charge in [0, 0.05) is 37.3 Å². The van der Waals surface area contributed by atoms with E-state index in [0.29, 0.717) is 25.4 Å². The second-order valence-corrected chi connectivity index (χ2v) is 5.98. The molecule has 2 atom stereocenters. The van der Waals surface area contributed by atoms with Crippen LogP contribution in [-0.2, 0) is 11.3 Å². The molecule has 5 nitrogen and oxygen atoms in total.